The molecule has 0 radical (unpaired) electrons. The summed E-state index contributed by atoms with van der Waals surface area (Å²) in [4.78, 5) is 26.2. The van der Waals surface area contributed by atoms with E-state index in [0.29, 0.717) is 5.56 Å². The first-order valence-electron chi connectivity index (χ1n) is 6.14. The third-order valence-electron chi connectivity index (χ3n) is 2.76. The molecular weight excluding hydrogens is 298 g/mol. The van der Waals surface area contributed by atoms with Gasteiger partial charge in [0.05, 0.1) is 18.1 Å². The van der Waals surface area contributed by atoms with E-state index in [1.165, 1.54) is 16.8 Å². The zero-order valence-electron chi connectivity index (χ0n) is 11.2. The van der Waals surface area contributed by atoms with Crippen LogP contribution in [0.4, 0.5) is 5.69 Å². The number of nitro benzene ring substituents is 1. The third-order valence-corrected chi connectivity index (χ3v) is 2.99. The van der Waals surface area contributed by atoms with Crippen molar-refractivity contribution < 1.29 is 14.5 Å². The van der Waals surface area contributed by atoms with Gasteiger partial charge in [-0.05, 0) is 19.1 Å². The lowest BCUT2D eigenvalue weighted by Gasteiger charge is -2.08. The van der Waals surface area contributed by atoms with Crippen LogP contribution in [0.3, 0.4) is 0 Å². The van der Waals surface area contributed by atoms with E-state index in [1.807, 2.05) is 0 Å². The Morgan fingerprint density at radius 2 is 2.29 bits per heavy atom. The molecule has 0 amide bonds. The molecule has 1 heterocycles. The minimum atomic E-state index is -0.570. The van der Waals surface area contributed by atoms with Crippen LogP contribution in [0, 0.1) is 10.1 Å². The molecule has 0 unspecified atom stereocenters. The molecule has 0 fully saturated rings. The molecule has 0 aliphatic heterocycles. The van der Waals surface area contributed by atoms with Crippen molar-refractivity contribution in [2.45, 2.75) is 13.5 Å². The smallest absolute Gasteiger partial charge is 0.374 e. The lowest BCUT2D eigenvalue weighted by atomic mass is 10.2. The Bertz CT molecular complexity index is 684. The highest BCUT2D eigenvalue weighted by molar-refractivity contribution is 6.30. The Labute approximate surface area is 125 Å². The number of nitrogens with zero attached hydrogens (tertiary/aromatic N) is 3. The topological polar surface area (TPSA) is 87.3 Å². The summed E-state index contributed by atoms with van der Waals surface area (Å²) in [5.41, 5.74) is 0.318. The molecule has 7 nitrogen and oxygen atoms in total. The van der Waals surface area contributed by atoms with Crippen molar-refractivity contribution in [3.8, 4) is 0 Å². The van der Waals surface area contributed by atoms with Crippen LogP contribution in [0.1, 0.15) is 23.1 Å². The Balaban J connectivity index is 2.33. The van der Waals surface area contributed by atoms with E-state index >= 15 is 0 Å². The standard InChI is InChI=1S/C13H12ClN3O4/c1-2-21-13(18)12-15-5-6-16(12)8-9-3-4-10(14)7-11(9)17(19)20/h3-7H,2,8H2,1H3. The van der Waals surface area contributed by atoms with E-state index in [4.69, 9.17) is 16.3 Å². The highest BCUT2D eigenvalue weighted by Crippen LogP contribution is 2.24. The summed E-state index contributed by atoms with van der Waals surface area (Å²) >= 11 is 5.77. The average molecular weight is 310 g/mol. The number of esters is 1. The highest BCUT2D eigenvalue weighted by atomic mass is 35.5. The maximum Gasteiger partial charge on any atom is 0.374 e. The van der Waals surface area contributed by atoms with Crippen molar-refractivity contribution in [1.29, 1.82) is 0 Å². The number of carbonyl (C=O) groups excluding carboxylic acids is 1. The van der Waals surface area contributed by atoms with Crippen molar-refractivity contribution in [3.63, 3.8) is 0 Å². The minimum absolute atomic E-state index is 0.0982. The molecule has 1 aromatic heterocycles. The summed E-state index contributed by atoms with van der Waals surface area (Å²) in [6.07, 6.45) is 3.00. The minimum Gasteiger partial charge on any atom is -0.460 e. The fraction of sp³-hybridized carbons (Fsp3) is 0.231. The number of halogens is 1. The third kappa shape index (κ3) is 3.38. The van der Waals surface area contributed by atoms with Gasteiger partial charge in [0.15, 0.2) is 0 Å². The molecule has 0 spiro atoms. The fourth-order valence-electron chi connectivity index (χ4n) is 1.85. The summed E-state index contributed by atoms with van der Waals surface area (Å²) in [5.74, 6) is -0.472. The Morgan fingerprint density at radius 3 is 2.95 bits per heavy atom. The van der Waals surface area contributed by atoms with Gasteiger partial charge in [-0.3, -0.25) is 10.1 Å². The van der Waals surface area contributed by atoms with Crippen molar-refractivity contribution in [3.05, 3.63) is 57.1 Å². The first kappa shape index (κ1) is 15.0. The Hall–Kier alpha value is -2.41. The van der Waals surface area contributed by atoms with Crippen LogP contribution < -0.4 is 0 Å². The molecule has 8 heteroatoms. The largest absolute Gasteiger partial charge is 0.460 e. The lowest BCUT2D eigenvalue weighted by Crippen LogP contribution is -2.14. The van der Waals surface area contributed by atoms with Crippen molar-refractivity contribution in [1.82, 2.24) is 9.55 Å². The zero-order valence-corrected chi connectivity index (χ0v) is 11.9. The van der Waals surface area contributed by atoms with Gasteiger partial charge >= 0.3 is 5.97 Å². The average Bonchev–Trinajstić information content (AvgIpc) is 2.89. The number of nitro groups is 1. The molecule has 0 atom stereocenters. The van der Waals surface area contributed by atoms with Crippen molar-refractivity contribution >= 4 is 23.3 Å². The molecule has 21 heavy (non-hydrogen) atoms. The van der Waals surface area contributed by atoms with Gasteiger partial charge in [0, 0.05) is 29.0 Å². The van der Waals surface area contributed by atoms with Crippen molar-refractivity contribution in [2.75, 3.05) is 6.61 Å². The summed E-state index contributed by atoms with van der Waals surface area (Å²) in [7, 11) is 0. The van der Waals surface area contributed by atoms with Gasteiger partial charge in [-0.2, -0.15) is 0 Å². The first-order chi connectivity index (χ1) is 10.0. The zero-order chi connectivity index (χ0) is 15.4. The van der Waals surface area contributed by atoms with Crippen LogP contribution in [0.5, 0.6) is 0 Å². The number of rotatable bonds is 5. The highest BCUT2D eigenvalue weighted by Gasteiger charge is 2.18. The second kappa shape index (κ2) is 6.36. The molecule has 110 valence electrons. The monoisotopic (exact) mass is 309 g/mol. The molecule has 0 aliphatic rings. The fourth-order valence-corrected chi connectivity index (χ4v) is 2.01. The molecule has 0 saturated carbocycles. The van der Waals surface area contributed by atoms with Gasteiger partial charge in [-0.1, -0.05) is 11.6 Å². The summed E-state index contributed by atoms with van der Waals surface area (Å²) in [6, 6.07) is 4.39. The van der Waals surface area contributed by atoms with E-state index < -0.39 is 10.9 Å². The van der Waals surface area contributed by atoms with E-state index in [9.17, 15) is 14.9 Å². The Kier molecular flexibility index (Phi) is 4.54. The number of aromatic nitrogens is 2. The molecule has 0 bridgehead atoms. The van der Waals surface area contributed by atoms with E-state index in [0.717, 1.165) is 0 Å². The molecule has 0 aliphatic carbocycles. The van der Waals surface area contributed by atoms with E-state index in [1.54, 1.807) is 25.3 Å². The normalized spacial score (nSPS) is 10.4. The van der Waals surface area contributed by atoms with Gasteiger partial charge in [-0.25, -0.2) is 9.78 Å². The lowest BCUT2D eigenvalue weighted by molar-refractivity contribution is -0.385. The van der Waals surface area contributed by atoms with Gasteiger partial charge in [0.2, 0.25) is 5.82 Å². The molecule has 0 N–H and O–H groups in total. The molecule has 0 saturated heterocycles. The van der Waals surface area contributed by atoms with Crippen LogP contribution in [0.25, 0.3) is 0 Å². The van der Waals surface area contributed by atoms with Crippen LogP contribution >= 0.6 is 11.6 Å². The van der Waals surface area contributed by atoms with Crippen molar-refractivity contribution in [2.24, 2.45) is 0 Å². The van der Waals surface area contributed by atoms with Gasteiger partial charge in [0.25, 0.3) is 5.69 Å². The first-order valence-corrected chi connectivity index (χ1v) is 6.51. The predicted molar refractivity (Wildman–Crippen MR) is 75.4 cm³/mol. The summed E-state index contributed by atoms with van der Waals surface area (Å²) in [6.45, 7) is 2.05. The second-order valence-corrected chi connectivity index (χ2v) is 4.57. The number of hydrogen-bond donors (Lipinski definition) is 0. The quantitative estimate of drug-likeness (QED) is 0.481. The molecule has 2 aromatic rings. The second-order valence-electron chi connectivity index (χ2n) is 4.13. The molecule has 1 aromatic carbocycles. The van der Waals surface area contributed by atoms with E-state index in [2.05, 4.69) is 4.98 Å². The number of imidazole rings is 1. The summed E-state index contributed by atoms with van der Waals surface area (Å²) < 4.78 is 6.38. The SMILES string of the molecule is CCOC(=O)c1nccn1Cc1ccc(Cl)cc1[N+](=O)[O-]. The number of benzene rings is 1. The maximum atomic E-state index is 11.7. The molecule has 2 rings (SSSR count). The number of carbonyl (C=O) groups is 1. The predicted octanol–water partition coefficient (Wildman–Crippen LogP) is 2.67. The number of hydrogen-bond acceptors (Lipinski definition) is 5. The van der Waals surface area contributed by atoms with E-state index in [-0.39, 0.29) is 29.7 Å². The maximum absolute atomic E-state index is 11.7. The van der Waals surface area contributed by atoms with Crippen LogP contribution in [0.2, 0.25) is 5.02 Å². The van der Waals surface area contributed by atoms with Crippen LogP contribution in [-0.2, 0) is 11.3 Å². The number of ether oxygens (including phenoxy) is 1. The van der Waals surface area contributed by atoms with Gasteiger partial charge in [-0.15, -0.1) is 0 Å². The van der Waals surface area contributed by atoms with Gasteiger partial charge < -0.3 is 9.30 Å². The van der Waals surface area contributed by atoms with Crippen LogP contribution in [0.15, 0.2) is 30.6 Å². The molecular formula is C13H12ClN3O4. The van der Waals surface area contributed by atoms with Crippen LogP contribution in [-0.4, -0.2) is 27.1 Å². The summed E-state index contributed by atoms with van der Waals surface area (Å²) in [5, 5.41) is 11.3. The Morgan fingerprint density at radius 1 is 1.52 bits per heavy atom. The van der Waals surface area contributed by atoms with Gasteiger partial charge in [0.1, 0.15) is 0 Å².